The van der Waals surface area contributed by atoms with Crippen LogP contribution in [0.4, 0.5) is 0 Å². The van der Waals surface area contributed by atoms with E-state index in [0.717, 1.165) is 32.0 Å². The van der Waals surface area contributed by atoms with Crippen molar-refractivity contribution in [2.45, 2.75) is 40.3 Å². The summed E-state index contributed by atoms with van der Waals surface area (Å²) >= 11 is 0. The first kappa shape index (κ1) is 22.2. The van der Waals surface area contributed by atoms with Crippen molar-refractivity contribution in [2.24, 2.45) is 10.9 Å². The van der Waals surface area contributed by atoms with E-state index < -0.39 is 0 Å². The predicted octanol–water partition coefficient (Wildman–Crippen LogP) is 3.47. The van der Waals surface area contributed by atoms with Crippen LogP contribution in [0.2, 0.25) is 0 Å². The first-order chi connectivity index (χ1) is 10.5. The lowest BCUT2D eigenvalue weighted by Gasteiger charge is -2.12. The summed E-state index contributed by atoms with van der Waals surface area (Å²) in [4.78, 5) is 6.83. The molecule has 0 bridgehead atoms. The zero-order chi connectivity index (χ0) is 16.4. The van der Waals surface area contributed by atoms with Gasteiger partial charge in [0.25, 0.3) is 0 Å². The van der Waals surface area contributed by atoms with Gasteiger partial charge in [-0.1, -0.05) is 38.1 Å². The van der Waals surface area contributed by atoms with Crippen LogP contribution in [-0.2, 0) is 13.1 Å². The van der Waals surface area contributed by atoms with Crippen molar-refractivity contribution in [3.05, 3.63) is 35.4 Å². The van der Waals surface area contributed by atoms with Crippen LogP contribution < -0.4 is 10.6 Å². The minimum absolute atomic E-state index is 0. The van der Waals surface area contributed by atoms with Gasteiger partial charge in [-0.15, -0.1) is 24.0 Å². The largest absolute Gasteiger partial charge is 0.357 e. The Balaban J connectivity index is 0.00000484. The molecule has 0 amide bonds. The first-order valence-corrected chi connectivity index (χ1v) is 8.26. The number of hydrogen-bond donors (Lipinski definition) is 2. The second-order valence-corrected chi connectivity index (χ2v) is 6.36. The zero-order valence-electron chi connectivity index (χ0n) is 15.2. The minimum Gasteiger partial charge on any atom is -0.357 e. The maximum absolute atomic E-state index is 4.66. The van der Waals surface area contributed by atoms with Gasteiger partial charge in [-0.25, -0.2) is 4.99 Å². The molecule has 4 nitrogen and oxygen atoms in total. The maximum atomic E-state index is 4.66. The van der Waals surface area contributed by atoms with Crippen molar-refractivity contribution in [2.75, 3.05) is 27.2 Å². The van der Waals surface area contributed by atoms with Crippen molar-refractivity contribution < 1.29 is 0 Å². The fourth-order valence-electron chi connectivity index (χ4n) is 2.11. The minimum atomic E-state index is 0. The second-order valence-electron chi connectivity index (χ2n) is 6.36. The zero-order valence-corrected chi connectivity index (χ0v) is 17.6. The van der Waals surface area contributed by atoms with E-state index in [-0.39, 0.29) is 24.0 Å². The highest BCUT2D eigenvalue weighted by atomic mass is 127. The molecule has 1 aromatic rings. The third kappa shape index (κ3) is 10.5. The van der Waals surface area contributed by atoms with E-state index in [1.54, 1.807) is 0 Å². The number of nitrogens with one attached hydrogen (secondary N) is 2. The van der Waals surface area contributed by atoms with Crippen LogP contribution >= 0.6 is 24.0 Å². The lowest BCUT2D eigenvalue weighted by Crippen LogP contribution is -2.38. The van der Waals surface area contributed by atoms with Gasteiger partial charge in [0.1, 0.15) is 0 Å². The van der Waals surface area contributed by atoms with Crippen LogP contribution in [0.15, 0.2) is 29.3 Å². The summed E-state index contributed by atoms with van der Waals surface area (Å²) in [5.41, 5.74) is 2.57. The monoisotopic (exact) mass is 432 g/mol. The van der Waals surface area contributed by atoms with Crippen LogP contribution in [0, 0.1) is 5.92 Å². The number of guanidine groups is 1. The highest BCUT2D eigenvalue weighted by molar-refractivity contribution is 14.0. The van der Waals surface area contributed by atoms with Gasteiger partial charge < -0.3 is 15.5 Å². The second kappa shape index (κ2) is 12.6. The van der Waals surface area contributed by atoms with E-state index in [9.17, 15) is 0 Å². The highest BCUT2D eigenvalue weighted by Gasteiger charge is 2.00. The third-order valence-corrected chi connectivity index (χ3v) is 3.30. The molecular formula is C18H33IN4. The van der Waals surface area contributed by atoms with Crippen LogP contribution in [0.1, 0.15) is 38.3 Å². The summed E-state index contributed by atoms with van der Waals surface area (Å²) in [5.74, 6) is 1.61. The van der Waals surface area contributed by atoms with Gasteiger partial charge in [-0.2, -0.15) is 0 Å². The van der Waals surface area contributed by atoms with Crippen molar-refractivity contribution in [1.29, 1.82) is 0 Å². The lowest BCUT2D eigenvalue weighted by molar-refractivity contribution is 0.402. The van der Waals surface area contributed by atoms with Gasteiger partial charge in [0.05, 0.1) is 6.54 Å². The molecule has 132 valence electrons. The van der Waals surface area contributed by atoms with Crippen molar-refractivity contribution in [3.8, 4) is 0 Å². The normalized spacial score (nSPS) is 11.5. The average Bonchev–Trinajstić information content (AvgIpc) is 2.45. The fourth-order valence-corrected chi connectivity index (χ4v) is 2.11. The molecule has 1 rings (SSSR count). The molecule has 2 N–H and O–H groups in total. The molecule has 0 spiro atoms. The summed E-state index contributed by atoms with van der Waals surface area (Å²) in [6.45, 7) is 10.1. The van der Waals surface area contributed by atoms with Crippen molar-refractivity contribution in [1.82, 2.24) is 15.5 Å². The van der Waals surface area contributed by atoms with Crippen molar-refractivity contribution in [3.63, 3.8) is 0 Å². The molecule has 0 atom stereocenters. The molecule has 0 aliphatic heterocycles. The molecule has 0 radical (unpaired) electrons. The van der Waals surface area contributed by atoms with E-state index in [4.69, 9.17) is 0 Å². The number of aliphatic imine (C=N–C) groups is 1. The van der Waals surface area contributed by atoms with Gasteiger partial charge in [0.15, 0.2) is 5.96 Å². The Kier molecular flexibility index (Phi) is 12.1. The summed E-state index contributed by atoms with van der Waals surface area (Å²) in [6.07, 6.45) is 1.16. The molecule has 0 aliphatic carbocycles. The van der Waals surface area contributed by atoms with E-state index in [0.29, 0.717) is 12.5 Å². The van der Waals surface area contributed by atoms with E-state index in [1.165, 1.54) is 11.1 Å². The Labute approximate surface area is 159 Å². The Morgan fingerprint density at radius 3 is 2.22 bits per heavy atom. The molecule has 0 saturated heterocycles. The Bertz CT molecular complexity index is 441. The number of nitrogens with zero attached hydrogens (tertiary/aromatic N) is 2. The van der Waals surface area contributed by atoms with Crippen LogP contribution in [0.3, 0.4) is 0 Å². The van der Waals surface area contributed by atoms with E-state index in [2.05, 4.69) is 79.7 Å². The topological polar surface area (TPSA) is 39.7 Å². The molecule has 0 aliphatic rings. The van der Waals surface area contributed by atoms with Gasteiger partial charge in [0.2, 0.25) is 0 Å². The fraction of sp³-hybridized carbons (Fsp3) is 0.611. The quantitative estimate of drug-likeness (QED) is 0.376. The number of hydrogen-bond acceptors (Lipinski definition) is 2. The SMILES string of the molecule is CCNC(=NCc1ccc(CN(C)C)cc1)NCCC(C)C.I. The molecule has 0 aromatic heterocycles. The Morgan fingerprint density at radius 1 is 1.09 bits per heavy atom. The summed E-state index contributed by atoms with van der Waals surface area (Å²) in [7, 11) is 4.17. The predicted molar refractivity (Wildman–Crippen MR) is 112 cm³/mol. The standard InChI is InChI=1S/C18H32N4.HI/c1-6-19-18(20-12-11-15(2)3)21-13-16-7-9-17(10-8-16)14-22(4)5;/h7-10,15H,6,11-14H2,1-5H3,(H2,19,20,21);1H. The molecule has 1 aromatic carbocycles. The first-order valence-electron chi connectivity index (χ1n) is 8.26. The van der Waals surface area contributed by atoms with Gasteiger partial charge >= 0.3 is 0 Å². The third-order valence-electron chi connectivity index (χ3n) is 3.30. The molecule has 0 saturated carbocycles. The summed E-state index contributed by atoms with van der Waals surface area (Å²) < 4.78 is 0. The molecule has 0 fully saturated rings. The molecule has 0 unspecified atom stereocenters. The lowest BCUT2D eigenvalue weighted by atomic mass is 10.1. The highest BCUT2D eigenvalue weighted by Crippen LogP contribution is 2.07. The van der Waals surface area contributed by atoms with Crippen LogP contribution in [0.5, 0.6) is 0 Å². The van der Waals surface area contributed by atoms with E-state index in [1.807, 2.05) is 0 Å². The number of rotatable bonds is 8. The van der Waals surface area contributed by atoms with Gasteiger partial charge in [-0.05, 0) is 44.5 Å². The molecular weight excluding hydrogens is 399 g/mol. The molecule has 0 heterocycles. The maximum Gasteiger partial charge on any atom is 0.191 e. The molecule has 23 heavy (non-hydrogen) atoms. The Hall–Kier alpha value is -0.820. The number of benzene rings is 1. The molecule has 5 heteroatoms. The van der Waals surface area contributed by atoms with Gasteiger partial charge in [-0.3, -0.25) is 0 Å². The smallest absolute Gasteiger partial charge is 0.191 e. The van der Waals surface area contributed by atoms with Gasteiger partial charge in [0, 0.05) is 19.6 Å². The van der Waals surface area contributed by atoms with Crippen LogP contribution in [0.25, 0.3) is 0 Å². The average molecular weight is 432 g/mol. The summed E-state index contributed by atoms with van der Waals surface area (Å²) in [6, 6.07) is 8.70. The van der Waals surface area contributed by atoms with Crippen LogP contribution in [-0.4, -0.2) is 38.0 Å². The summed E-state index contributed by atoms with van der Waals surface area (Å²) in [5, 5.41) is 6.69. The Morgan fingerprint density at radius 2 is 1.70 bits per heavy atom. The van der Waals surface area contributed by atoms with Crippen molar-refractivity contribution >= 4 is 29.9 Å². The van der Waals surface area contributed by atoms with E-state index >= 15 is 0 Å². The number of halogens is 1.